The van der Waals surface area contributed by atoms with Gasteiger partial charge in [0.2, 0.25) is 0 Å². The summed E-state index contributed by atoms with van der Waals surface area (Å²) in [6, 6.07) is 10.6. The Kier molecular flexibility index (Phi) is 5.27. The molecule has 1 unspecified atom stereocenters. The fourth-order valence-corrected chi connectivity index (χ4v) is 4.09. The number of fused-ring (bicyclic) bond motifs is 1. The summed E-state index contributed by atoms with van der Waals surface area (Å²) >= 11 is 0. The van der Waals surface area contributed by atoms with Crippen LogP contribution in [0.5, 0.6) is 5.75 Å². The lowest BCUT2D eigenvalue weighted by Crippen LogP contribution is -2.23. The van der Waals surface area contributed by atoms with Crippen molar-refractivity contribution in [1.82, 2.24) is 20.1 Å². The van der Waals surface area contributed by atoms with Gasteiger partial charge in [0.1, 0.15) is 23.3 Å². The minimum absolute atomic E-state index is 0.103. The van der Waals surface area contributed by atoms with Crippen LogP contribution in [0.25, 0.3) is 22.0 Å². The maximum atomic E-state index is 13.8. The van der Waals surface area contributed by atoms with Gasteiger partial charge in [-0.05, 0) is 29.3 Å². The van der Waals surface area contributed by atoms with Gasteiger partial charge in [-0.25, -0.2) is 13.9 Å². The molecular weight excluding hydrogens is 444 g/mol. The van der Waals surface area contributed by atoms with Crippen LogP contribution in [-0.2, 0) is 6.54 Å². The third kappa shape index (κ3) is 3.76. The van der Waals surface area contributed by atoms with Crippen LogP contribution in [0, 0.1) is 5.82 Å². The Bertz CT molecular complexity index is 1460. The Morgan fingerprint density at radius 2 is 2.03 bits per heavy atom. The number of nitrogens with two attached hydrogens (primary N) is 1. The number of anilines is 1. The highest BCUT2D eigenvalue weighted by atomic mass is 19.1. The van der Waals surface area contributed by atoms with Crippen LogP contribution in [0.2, 0.25) is 0 Å². The van der Waals surface area contributed by atoms with Crippen LogP contribution in [0.4, 0.5) is 14.6 Å². The van der Waals surface area contributed by atoms with E-state index in [4.69, 9.17) is 10.5 Å². The number of hydrogen-bond donors (Lipinski definition) is 3. The normalized spacial score (nSPS) is 17.0. The number of alkyl halides is 1. The van der Waals surface area contributed by atoms with Gasteiger partial charge in [-0.3, -0.25) is 9.59 Å². The predicted molar refractivity (Wildman–Crippen MR) is 123 cm³/mol. The van der Waals surface area contributed by atoms with Crippen molar-refractivity contribution in [2.24, 2.45) is 0 Å². The van der Waals surface area contributed by atoms with Crippen molar-refractivity contribution in [3.63, 3.8) is 0 Å². The van der Waals surface area contributed by atoms with Gasteiger partial charge in [0.05, 0.1) is 24.1 Å². The van der Waals surface area contributed by atoms with E-state index in [2.05, 4.69) is 15.5 Å². The second-order valence-electron chi connectivity index (χ2n) is 8.15. The van der Waals surface area contributed by atoms with Crippen LogP contribution < -0.4 is 21.3 Å². The van der Waals surface area contributed by atoms with E-state index in [0.29, 0.717) is 22.9 Å². The Hall–Kier alpha value is -4.21. The summed E-state index contributed by atoms with van der Waals surface area (Å²) in [5.41, 5.74) is 8.27. The predicted octanol–water partition coefficient (Wildman–Crippen LogP) is 3.33. The zero-order valence-electron chi connectivity index (χ0n) is 18.1. The Balaban J connectivity index is 1.40. The van der Waals surface area contributed by atoms with Crippen molar-refractivity contribution < 1.29 is 18.3 Å². The van der Waals surface area contributed by atoms with E-state index in [1.165, 1.54) is 19.2 Å². The number of methoxy groups -OCH3 is 1. The van der Waals surface area contributed by atoms with Crippen molar-refractivity contribution in [2.45, 2.75) is 25.2 Å². The Labute approximate surface area is 192 Å². The smallest absolute Gasteiger partial charge is 0.288 e. The molecular formula is C24H21F2N5O3. The maximum Gasteiger partial charge on any atom is 0.288 e. The molecule has 4 N–H and O–H groups in total. The number of halogens is 2. The number of amides is 1. The van der Waals surface area contributed by atoms with Crippen molar-refractivity contribution in [3.05, 3.63) is 76.0 Å². The van der Waals surface area contributed by atoms with Gasteiger partial charge in [-0.2, -0.15) is 5.10 Å². The van der Waals surface area contributed by atoms with E-state index < -0.39 is 29.5 Å². The Morgan fingerprint density at radius 3 is 2.71 bits per heavy atom. The molecule has 1 amide bonds. The van der Waals surface area contributed by atoms with Crippen LogP contribution in [0.3, 0.4) is 0 Å². The number of aromatic nitrogens is 3. The van der Waals surface area contributed by atoms with E-state index >= 15 is 0 Å². The summed E-state index contributed by atoms with van der Waals surface area (Å²) in [6.45, 7) is 0.204. The molecule has 0 spiro atoms. The zero-order valence-corrected chi connectivity index (χ0v) is 18.1. The van der Waals surface area contributed by atoms with Gasteiger partial charge in [0.25, 0.3) is 11.5 Å². The highest BCUT2D eigenvalue weighted by molar-refractivity contribution is 6.02. The molecule has 2 aromatic heterocycles. The summed E-state index contributed by atoms with van der Waals surface area (Å²) < 4.78 is 34.1. The van der Waals surface area contributed by atoms with Crippen molar-refractivity contribution in [3.8, 4) is 16.9 Å². The lowest BCUT2D eigenvalue weighted by Gasteiger charge is -2.10. The van der Waals surface area contributed by atoms with Crippen LogP contribution in [0.15, 0.2) is 53.5 Å². The summed E-state index contributed by atoms with van der Waals surface area (Å²) in [5, 5.41) is 9.45. The number of carbonyl (C=O) groups excluding carboxylic acids is 1. The molecule has 1 aliphatic carbocycles. The topological polar surface area (TPSA) is 115 Å². The average molecular weight is 465 g/mol. The number of ether oxygens (including phenoxy) is 1. The van der Waals surface area contributed by atoms with E-state index in [-0.39, 0.29) is 23.7 Å². The van der Waals surface area contributed by atoms with Gasteiger partial charge in [0.15, 0.2) is 5.82 Å². The van der Waals surface area contributed by atoms with Crippen molar-refractivity contribution in [2.75, 3.05) is 12.8 Å². The van der Waals surface area contributed by atoms with Gasteiger partial charge >= 0.3 is 0 Å². The molecule has 0 aliphatic heterocycles. The minimum atomic E-state index is -1.00. The largest absolute Gasteiger partial charge is 0.496 e. The first-order chi connectivity index (χ1) is 16.4. The maximum absolute atomic E-state index is 13.8. The molecule has 10 heteroatoms. The second-order valence-corrected chi connectivity index (χ2v) is 8.15. The molecule has 174 valence electrons. The van der Waals surface area contributed by atoms with Gasteiger partial charge in [-0.1, -0.05) is 24.3 Å². The van der Waals surface area contributed by atoms with Crippen molar-refractivity contribution in [1.29, 1.82) is 0 Å². The van der Waals surface area contributed by atoms with E-state index in [1.54, 1.807) is 10.8 Å². The van der Waals surface area contributed by atoms with Gasteiger partial charge in [-0.15, -0.1) is 0 Å². The first-order valence-electron chi connectivity index (χ1n) is 10.6. The van der Waals surface area contributed by atoms with Gasteiger partial charge in [0, 0.05) is 24.7 Å². The molecule has 1 aliphatic rings. The lowest BCUT2D eigenvalue weighted by atomic mass is 10.0. The number of nitrogens with one attached hydrogen (secondary N) is 2. The molecule has 2 heterocycles. The number of aromatic amines is 1. The summed E-state index contributed by atoms with van der Waals surface area (Å²) in [6.07, 6.45) is 1.08. The molecule has 8 nitrogen and oxygen atoms in total. The number of nitrogen functional groups attached to an aromatic ring is 1. The third-order valence-corrected chi connectivity index (χ3v) is 5.94. The number of H-pyrrole nitrogens is 1. The lowest BCUT2D eigenvalue weighted by molar-refractivity contribution is 0.0947. The first kappa shape index (κ1) is 21.6. The SMILES string of the molecule is COc1ccc(F)cc1C(=O)NCc1ccc(-c2cn([C@@H]3CC3F)c3c(=O)[nH]nc(N)c23)cc1. The number of nitrogens with zero attached hydrogens (tertiary/aromatic N) is 2. The van der Waals surface area contributed by atoms with Crippen LogP contribution in [0.1, 0.15) is 28.4 Å². The first-order valence-corrected chi connectivity index (χ1v) is 10.6. The fourth-order valence-electron chi connectivity index (χ4n) is 4.09. The highest BCUT2D eigenvalue weighted by Crippen LogP contribution is 2.43. The average Bonchev–Trinajstić information content (AvgIpc) is 3.42. The second kappa shape index (κ2) is 8.29. The molecule has 2 atom stereocenters. The number of hydrogen-bond acceptors (Lipinski definition) is 5. The molecule has 1 fully saturated rings. The quantitative estimate of drug-likeness (QED) is 0.404. The van der Waals surface area contributed by atoms with Crippen LogP contribution in [-0.4, -0.2) is 34.0 Å². The molecule has 34 heavy (non-hydrogen) atoms. The zero-order chi connectivity index (χ0) is 24.0. The summed E-state index contributed by atoms with van der Waals surface area (Å²) in [4.78, 5) is 24.9. The highest BCUT2D eigenvalue weighted by Gasteiger charge is 2.40. The van der Waals surface area contributed by atoms with Crippen molar-refractivity contribution >= 4 is 22.6 Å². The minimum Gasteiger partial charge on any atom is -0.496 e. The van der Waals surface area contributed by atoms with Crippen LogP contribution >= 0.6 is 0 Å². The van der Waals surface area contributed by atoms with Gasteiger partial charge < -0.3 is 20.4 Å². The number of carbonyl (C=O) groups is 1. The molecule has 2 aromatic carbocycles. The van der Waals surface area contributed by atoms with E-state index in [9.17, 15) is 18.4 Å². The molecule has 0 bridgehead atoms. The number of rotatable bonds is 6. The van der Waals surface area contributed by atoms with E-state index in [0.717, 1.165) is 17.2 Å². The fraction of sp³-hybridized carbons (Fsp3) is 0.208. The molecule has 4 aromatic rings. The molecule has 1 saturated carbocycles. The monoisotopic (exact) mass is 465 g/mol. The summed E-state index contributed by atoms with van der Waals surface area (Å²) in [5.74, 6) is -0.572. The standard InChI is InChI=1S/C24H21F2N5O3/c1-34-19-7-6-14(25)8-15(19)23(32)28-10-12-2-4-13(5-3-12)16-11-31(18-9-17(18)26)21-20(16)22(27)29-30-24(21)33/h2-8,11,17-18H,9-10H2,1H3,(H2,27,29)(H,28,32)(H,30,33)/t17?,18-/m1/s1. The molecule has 0 radical (unpaired) electrons. The Morgan fingerprint density at radius 1 is 1.29 bits per heavy atom. The molecule has 5 rings (SSSR count). The number of benzene rings is 2. The third-order valence-electron chi connectivity index (χ3n) is 5.94. The summed E-state index contributed by atoms with van der Waals surface area (Å²) in [7, 11) is 1.41. The van der Waals surface area contributed by atoms with E-state index in [1.807, 2.05) is 24.3 Å². The molecule has 0 saturated heterocycles.